The molecular formula is C9H15Cl2NO2. The van der Waals surface area contributed by atoms with Crippen molar-refractivity contribution in [2.45, 2.75) is 26.3 Å². The van der Waals surface area contributed by atoms with Crippen LogP contribution >= 0.6 is 23.2 Å². The highest BCUT2D eigenvalue weighted by Gasteiger charge is 2.15. The van der Waals surface area contributed by atoms with Crippen LogP contribution in [0.5, 0.6) is 0 Å². The molecular weight excluding hydrogens is 225 g/mol. The molecule has 0 aliphatic rings. The van der Waals surface area contributed by atoms with Gasteiger partial charge in [-0.15, -0.1) is 0 Å². The molecule has 0 radical (unpaired) electrons. The average molecular weight is 240 g/mol. The molecule has 0 amide bonds. The number of hydrogen-bond acceptors (Lipinski definition) is 2. The zero-order valence-corrected chi connectivity index (χ0v) is 9.85. The number of carbonyl (C=O) groups is 1. The van der Waals surface area contributed by atoms with Gasteiger partial charge >= 0.3 is 5.97 Å². The van der Waals surface area contributed by atoms with Gasteiger partial charge in [-0.2, -0.15) is 0 Å². The van der Waals surface area contributed by atoms with Crippen molar-refractivity contribution in [1.29, 1.82) is 0 Å². The first-order valence-corrected chi connectivity index (χ1v) is 5.23. The summed E-state index contributed by atoms with van der Waals surface area (Å²) in [7, 11) is 0. The van der Waals surface area contributed by atoms with Crippen LogP contribution in [0.3, 0.4) is 0 Å². The molecule has 1 atom stereocenters. The van der Waals surface area contributed by atoms with Crippen molar-refractivity contribution in [3.05, 3.63) is 10.6 Å². The molecule has 3 nitrogen and oxygen atoms in total. The molecule has 0 fully saturated rings. The molecule has 0 aliphatic carbocycles. The van der Waals surface area contributed by atoms with Gasteiger partial charge in [0, 0.05) is 23.2 Å². The predicted molar refractivity (Wildman–Crippen MR) is 58.8 cm³/mol. The van der Waals surface area contributed by atoms with E-state index in [1.807, 2.05) is 13.8 Å². The van der Waals surface area contributed by atoms with Gasteiger partial charge in [-0.3, -0.25) is 9.69 Å². The summed E-state index contributed by atoms with van der Waals surface area (Å²) >= 11 is 11.2. The second-order valence-electron chi connectivity index (χ2n) is 3.11. The Morgan fingerprint density at radius 1 is 1.57 bits per heavy atom. The maximum Gasteiger partial charge on any atom is 0.317 e. The zero-order chi connectivity index (χ0) is 11.1. The highest BCUT2D eigenvalue weighted by molar-refractivity contribution is 6.36. The normalized spacial score (nSPS) is 14.5. The van der Waals surface area contributed by atoms with E-state index in [-0.39, 0.29) is 12.6 Å². The van der Waals surface area contributed by atoms with Crippen LogP contribution in [0.1, 0.15) is 20.3 Å². The van der Waals surface area contributed by atoms with Crippen LogP contribution in [0.4, 0.5) is 0 Å². The van der Waals surface area contributed by atoms with Gasteiger partial charge in [0.1, 0.15) is 0 Å². The van der Waals surface area contributed by atoms with Crippen LogP contribution in [-0.4, -0.2) is 35.1 Å². The molecule has 14 heavy (non-hydrogen) atoms. The van der Waals surface area contributed by atoms with Gasteiger partial charge in [-0.05, 0) is 13.3 Å². The molecule has 0 aliphatic heterocycles. The summed E-state index contributed by atoms with van der Waals surface area (Å²) in [5, 5.41) is 9.13. The Bertz CT molecular complexity index is 219. The smallest absolute Gasteiger partial charge is 0.317 e. The van der Waals surface area contributed by atoms with Crippen LogP contribution in [0, 0.1) is 0 Å². The highest BCUT2D eigenvalue weighted by atomic mass is 35.5. The van der Waals surface area contributed by atoms with E-state index >= 15 is 0 Å². The molecule has 5 heteroatoms. The monoisotopic (exact) mass is 239 g/mol. The molecule has 1 N–H and O–H groups in total. The maximum atomic E-state index is 10.6. The van der Waals surface area contributed by atoms with Crippen molar-refractivity contribution >= 4 is 29.2 Å². The first-order valence-electron chi connectivity index (χ1n) is 4.41. The van der Waals surface area contributed by atoms with Crippen molar-refractivity contribution in [2.75, 3.05) is 13.1 Å². The Hall–Kier alpha value is -0.250. The van der Waals surface area contributed by atoms with Gasteiger partial charge in [0.2, 0.25) is 0 Å². The lowest BCUT2D eigenvalue weighted by Gasteiger charge is -2.25. The van der Waals surface area contributed by atoms with Crippen molar-refractivity contribution in [1.82, 2.24) is 4.90 Å². The first-order chi connectivity index (χ1) is 6.51. The second kappa shape index (κ2) is 7.10. The summed E-state index contributed by atoms with van der Waals surface area (Å²) in [4.78, 5) is 12.3. The van der Waals surface area contributed by atoms with Crippen LogP contribution in [0.2, 0.25) is 0 Å². The summed E-state index contributed by atoms with van der Waals surface area (Å²) in [6, 6.07) is 0.177. The largest absolute Gasteiger partial charge is 0.480 e. The first kappa shape index (κ1) is 13.8. The highest BCUT2D eigenvalue weighted by Crippen LogP contribution is 2.10. The summed E-state index contributed by atoms with van der Waals surface area (Å²) in [5.74, 6) is -0.857. The topological polar surface area (TPSA) is 40.5 Å². The lowest BCUT2D eigenvalue weighted by molar-refractivity contribution is -0.138. The van der Waals surface area contributed by atoms with E-state index in [2.05, 4.69) is 0 Å². The lowest BCUT2D eigenvalue weighted by atomic mass is 10.2. The van der Waals surface area contributed by atoms with E-state index in [1.165, 1.54) is 5.54 Å². The third-order valence-corrected chi connectivity index (χ3v) is 2.63. The van der Waals surface area contributed by atoms with Crippen molar-refractivity contribution in [3.8, 4) is 0 Å². The van der Waals surface area contributed by atoms with Gasteiger partial charge in [0.15, 0.2) is 0 Å². The number of carboxylic acids is 1. The maximum absolute atomic E-state index is 10.6. The Morgan fingerprint density at radius 3 is 2.50 bits per heavy atom. The molecule has 0 aromatic heterocycles. The van der Waals surface area contributed by atoms with Gasteiger partial charge in [-0.1, -0.05) is 30.1 Å². The SMILES string of the molecule is CCC(C)N(CC(=O)O)CC(Cl)=CCl. The standard InChI is InChI=1S/C9H15Cl2NO2/c1-3-7(2)12(6-9(13)14)5-8(11)4-10/h4,7H,3,5-6H2,1-2H3,(H,13,14). The minimum atomic E-state index is -0.857. The average Bonchev–Trinajstić information content (AvgIpc) is 2.14. The van der Waals surface area contributed by atoms with E-state index in [1.54, 1.807) is 4.90 Å². The fourth-order valence-electron chi connectivity index (χ4n) is 1.03. The van der Waals surface area contributed by atoms with Crippen LogP contribution < -0.4 is 0 Å². The Morgan fingerprint density at radius 2 is 2.14 bits per heavy atom. The summed E-state index contributed by atoms with van der Waals surface area (Å²) < 4.78 is 0. The fraction of sp³-hybridized carbons (Fsp3) is 0.667. The van der Waals surface area contributed by atoms with Crippen LogP contribution in [0.25, 0.3) is 0 Å². The second-order valence-corrected chi connectivity index (χ2v) is 3.82. The molecule has 0 spiro atoms. The molecule has 0 heterocycles. The van der Waals surface area contributed by atoms with E-state index in [0.717, 1.165) is 6.42 Å². The summed E-state index contributed by atoms with van der Waals surface area (Å²) in [6.45, 7) is 4.32. The zero-order valence-electron chi connectivity index (χ0n) is 8.33. The number of rotatable bonds is 6. The molecule has 1 unspecified atom stereocenters. The van der Waals surface area contributed by atoms with Gasteiger partial charge in [0.05, 0.1) is 6.54 Å². The minimum Gasteiger partial charge on any atom is -0.480 e. The lowest BCUT2D eigenvalue weighted by Crippen LogP contribution is -2.37. The van der Waals surface area contributed by atoms with E-state index in [4.69, 9.17) is 28.3 Å². The number of nitrogens with zero attached hydrogens (tertiary/aromatic N) is 1. The molecule has 0 saturated carbocycles. The van der Waals surface area contributed by atoms with E-state index in [9.17, 15) is 4.79 Å². The molecule has 0 aromatic rings. The van der Waals surface area contributed by atoms with Crippen LogP contribution in [-0.2, 0) is 4.79 Å². The van der Waals surface area contributed by atoms with Crippen molar-refractivity contribution in [3.63, 3.8) is 0 Å². The Kier molecular flexibility index (Phi) is 6.97. The van der Waals surface area contributed by atoms with E-state index < -0.39 is 5.97 Å². The van der Waals surface area contributed by atoms with E-state index in [0.29, 0.717) is 11.6 Å². The molecule has 0 aromatic carbocycles. The molecule has 0 bridgehead atoms. The molecule has 0 rings (SSSR count). The number of halogens is 2. The van der Waals surface area contributed by atoms with Crippen LogP contribution in [0.15, 0.2) is 10.6 Å². The summed E-state index contributed by atoms with van der Waals surface area (Å²) in [6.07, 6.45) is 0.875. The van der Waals surface area contributed by atoms with Gasteiger partial charge < -0.3 is 5.11 Å². The molecule has 82 valence electrons. The Labute approximate surface area is 94.3 Å². The number of hydrogen-bond donors (Lipinski definition) is 1. The third kappa shape index (κ3) is 5.47. The summed E-state index contributed by atoms with van der Waals surface area (Å²) in [5.41, 5.74) is 1.26. The number of carboxylic acid groups (broad SMARTS) is 1. The van der Waals surface area contributed by atoms with Gasteiger partial charge in [-0.25, -0.2) is 0 Å². The third-order valence-electron chi connectivity index (χ3n) is 2.03. The fourth-order valence-corrected chi connectivity index (χ4v) is 1.25. The quantitative estimate of drug-likeness (QED) is 0.775. The minimum absolute atomic E-state index is 0.0179. The van der Waals surface area contributed by atoms with Gasteiger partial charge in [0.25, 0.3) is 0 Å². The predicted octanol–water partition coefficient (Wildman–Crippen LogP) is 2.49. The van der Waals surface area contributed by atoms with Crippen molar-refractivity contribution < 1.29 is 9.90 Å². The van der Waals surface area contributed by atoms with Crippen molar-refractivity contribution in [2.24, 2.45) is 0 Å². The molecule has 0 saturated heterocycles. The number of aliphatic carboxylic acids is 1. The Balaban J connectivity index is 4.31.